The first kappa shape index (κ1) is 18.3. The highest BCUT2D eigenvalue weighted by Crippen LogP contribution is 2.24. The monoisotopic (exact) mass is 343 g/mol. The zero-order valence-electron chi connectivity index (χ0n) is 14.4. The Hall–Kier alpha value is -3.02. The van der Waals surface area contributed by atoms with Crippen LogP contribution in [0.3, 0.4) is 0 Å². The lowest BCUT2D eigenvalue weighted by Gasteiger charge is -2.19. The lowest BCUT2D eigenvalue weighted by molar-refractivity contribution is -0.119. The van der Waals surface area contributed by atoms with E-state index in [-0.39, 0.29) is 16.7 Å². The first-order chi connectivity index (χ1) is 11.7. The lowest BCUT2D eigenvalue weighted by atomic mass is 9.87. The number of rotatable bonds is 4. The number of benzene rings is 2. The van der Waals surface area contributed by atoms with Gasteiger partial charge in [0.1, 0.15) is 17.1 Å². The van der Waals surface area contributed by atoms with Gasteiger partial charge in [-0.25, -0.2) is 4.79 Å². The standard InChI is InChI=1S/C19H21NO5/c1-19(2,3)12-4-6-13(7-5-12)20-17(23)11-25-18(24)15-9-8-14(21)10-16(15)22/h4-10,21-22H,11H2,1-3H3,(H,20,23). The summed E-state index contributed by atoms with van der Waals surface area (Å²) in [6, 6.07) is 10.9. The molecule has 0 aliphatic heterocycles. The second-order valence-corrected chi connectivity index (χ2v) is 6.65. The fourth-order valence-electron chi connectivity index (χ4n) is 2.15. The molecule has 3 N–H and O–H groups in total. The van der Waals surface area contributed by atoms with Crippen LogP contribution in [0.1, 0.15) is 36.7 Å². The number of esters is 1. The molecule has 0 atom stereocenters. The summed E-state index contributed by atoms with van der Waals surface area (Å²) in [5, 5.41) is 21.4. The van der Waals surface area contributed by atoms with Crippen LogP contribution in [0.25, 0.3) is 0 Å². The maximum atomic E-state index is 11.9. The summed E-state index contributed by atoms with van der Waals surface area (Å²) in [6.45, 7) is 5.80. The van der Waals surface area contributed by atoms with E-state index in [1.54, 1.807) is 12.1 Å². The smallest absolute Gasteiger partial charge is 0.342 e. The number of anilines is 1. The molecule has 2 aromatic rings. The third kappa shape index (κ3) is 4.97. The number of hydrogen-bond donors (Lipinski definition) is 3. The number of aromatic hydroxyl groups is 2. The predicted octanol–water partition coefficient (Wildman–Crippen LogP) is 3.19. The van der Waals surface area contributed by atoms with E-state index in [0.29, 0.717) is 5.69 Å². The van der Waals surface area contributed by atoms with Crippen molar-refractivity contribution in [3.8, 4) is 11.5 Å². The van der Waals surface area contributed by atoms with Gasteiger partial charge in [-0.1, -0.05) is 32.9 Å². The molecule has 0 aliphatic rings. The van der Waals surface area contributed by atoms with E-state index in [4.69, 9.17) is 4.74 Å². The van der Waals surface area contributed by atoms with Gasteiger partial charge in [-0.05, 0) is 35.2 Å². The van der Waals surface area contributed by atoms with Gasteiger partial charge >= 0.3 is 5.97 Å². The van der Waals surface area contributed by atoms with Gasteiger partial charge in [0.05, 0.1) is 0 Å². The molecule has 0 bridgehead atoms. The second kappa shape index (κ2) is 7.25. The molecular formula is C19H21NO5. The Bertz CT molecular complexity index is 775. The topological polar surface area (TPSA) is 95.9 Å². The maximum absolute atomic E-state index is 11.9. The van der Waals surface area contributed by atoms with Crippen molar-refractivity contribution in [1.29, 1.82) is 0 Å². The third-order valence-electron chi connectivity index (χ3n) is 3.57. The average molecular weight is 343 g/mol. The van der Waals surface area contributed by atoms with Crippen molar-refractivity contribution in [3.63, 3.8) is 0 Å². The van der Waals surface area contributed by atoms with Crippen LogP contribution >= 0.6 is 0 Å². The van der Waals surface area contributed by atoms with Crippen molar-refractivity contribution in [2.75, 3.05) is 11.9 Å². The largest absolute Gasteiger partial charge is 0.508 e. The van der Waals surface area contributed by atoms with Gasteiger partial charge < -0.3 is 20.3 Å². The summed E-state index contributed by atoms with van der Waals surface area (Å²) in [6.07, 6.45) is 0. The minimum Gasteiger partial charge on any atom is -0.508 e. The molecule has 0 aliphatic carbocycles. The van der Waals surface area contributed by atoms with Crippen LogP contribution in [-0.4, -0.2) is 28.7 Å². The van der Waals surface area contributed by atoms with Crippen LogP contribution in [0.5, 0.6) is 11.5 Å². The fourth-order valence-corrected chi connectivity index (χ4v) is 2.15. The van der Waals surface area contributed by atoms with Crippen LogP contribution in [0.4, 0.5) is 5.69 Å². The number of ether oxygens (including phenoxy) is 1. The fraction of sp³-hybridized carbons (Fsp3) is 0.263. The molecule has 0 saturated heterocycles. The zero-order chi connectivity index (χ0) is 18.6. The van der Waals surface area contributed by atoms with E-state index in [2.05, 4.69) is 26.1 Å². The Labute approximate surface area is 146 Å². The summed E-state index contributed by atoms with van der Waals surface area (Å²) in [5.41, 5.74) is 1.63. The highest BCUT2D eigenvalue weighted by atomic mass is 16.5. The van der Waals surface area contributed by atoms with E-state index in [0.717, 1.165) is 11.6 Å². The Kier molecular flexibility index (Phi) is 5.32. The van der Waals surface area contributed by atoms with Gasteiger partial charge in [-0.3, -0.25) is 4.79 Å². The number of carbonyl (C=O) groups excluding carboxylic acids is 2. The Morgan fingerprint density at radius 3 is 2.24 bits per heavy atom. The Morgan fingerprint density at radius 2 is 1.68 bits per heavy atom. The molecule has 2 rings (SSSR count). The minimum absolute atomic E-state index is 0.0180. The molecule has 0 fully saturated rings. The molecule has 0 spiro atoms. The van der Waals surface area contributed by atoms with Crippen LogP contribution in [0, 0.1) is 0 Å². The molecule has 0 aromatic heterocycles. The number of phenols is 2. The zero-order valence-corrected chi connectivity index (χ0v) is 14.4. The minimum atomic E-state index is -0.851. The third-order valence-corrected chi connectivity index (χ3v) is 3.57. The number of amides is 1. The van der Waals surface area contributed by atoms with Crippen LogP contribution in [-0.2, 0) is 14.9 Å². The van der Waals surface area contributed by atoms with E-state index >= 15 is 0 Å². The first-order valence-corrected chi connectivity index (χ1v) is 7.76. The van der Waals surface area contributed by atoms with Crippen molar-refractivity contribution in [2.45, 2.75) is 26.2 Å². The highest BCUT2D eigenvalue weighted by Gasteiger charge is 2.16. The first-order valence-electron chi connectivity index (χ1n) is 7.76. The Morgan fingerprint density at radius 1 is 1.04 bits per heavy atom. The lowest BCUT2D eigenvalue weighted by Crippen LogP contribution is -2.21. The van der Waals surface area contributed by atoms with Crippen molar-refractivity contribution >= 4 is 17.6 Å². The van der Waals surface area contributed by atoms with E-state index < -0.39 is 24.2 Å². The number of hydrogen-bond acceptors (Lipinski definition) is 5. The van der Waals surface area contributed by atoms with Crippen molar-refractivity contribution in [2.24, 2.45) is 0 Å². The maximum Gasteiger partial charge on any atom is 0.342 e. The summed E-state index contributed by atoms with van der Waals surface area (Å²) in [7, 11) is 0. The van der Waals surface area contributed by atoms with E-state index in [1.807, 2.05) is 12.1 Å². The van der Waals surface area contributed by atoms with Gasteiger partial charge in [0, 0.05) is 11.8 Å². The number of nitrogens with one attached hydrogen (secondary N) is 1. The SMILES string of the molecule is CC(C)(C)c1ccc(NC(=O)COC(=O)c2ccc(O)cc2O)cc1. The molecule has 132 valence electrons. The molecule has 1 amide bonds. The van der Waals surface area contributed by atoms with Gasteiger partial charge in [-0.2, -0.15) is 0 Å². The van der Waals surface area contributed by atoms with Crippen molar-refractivity contribution < 1.29 is 24.5 Å². The number of carbonyl (C=O) groups is 2. The van der Waals surface area contributed by atoms with Gasteiger partial charge in [0.15, 0.2) is 6.61 Å². The molecule has 0 unspecified atom stereocenters. The van der Waals surface area contributed by atoms with Gasteiger partial charge in [-0.15, -0.1) is 0 Å². The van der Waals surface area contributed by atoms with Crippen molar-refractivity contribution in [3.05, 3.63) is 53.6 Å². The van der Waals surface area contributed by atoms with Crippen LogP contribution < -0.4 is 5.32 Å². The molecule has 0 radical (unpaired) electrons. The molecule has 6 nitrogen and oxygen atoms in total. The summed E-state index contributed by atoms with van der Waals surface area (Å²) in [4.78, 5) is 23.7. The molecule has 2 aromatic carbocycles. The summed E-state index contributed by atoms with van der Waals surface area (Å²) in [5.74, 6) is -1.93. The average Bonchev–Trinajstić information content (AvgIpc) is 2.52. The highest BCUT2D eigenvalue weighted by molar-refractivity contribution is 5.96. The van der Waals surface area contributed by atoms with Crippen molar-refractivity contribution in [1.82, 2.24) is 0 Å². The van der Waals surface area contributed by atoms with E-state index in [9.17, 15) is 19.8 Å². The molecule has 0 saturated carbocycles. The molecular weight excluding hydrogens is 322 g/mol. The summed E-state index contributed by atoms with van der Waals surface area (Å²) >= 11 is 0. The quantitative estimate of drug-likeness (QED) is 0.741. The van der Waals surface area contributed by atoms with Gasteiger partial charge in [0.2, 0.25) is 0 Å². The molecule has 25 heavy (non-hydrogen) atoms. The van der Waals surface area contributed by atoms with E-state index in [1.165, 1.54) is 12.1 Å². The van der Waals surface area contributed by atoms with Crippen LogP contribution in [0.2, 0.25) is 0 Å². The molecule has 6 heteroatoms. The predicted molar refractivity (Wildman–Crippen MR) is 93.8 cm³/mol. The Balaban J connectivity index is 1.91. The summed E-state index contributed by atoms with van der Waals surface area (Å²) < 4.78 is 4.87. The van der Waals surface area contributed by atoms with Gasteiger partial charge in [0.25, 0.3) is 5.91 Å². The molecule has 0 heterocycles. The number of phenolic OH excluding ortho intramolecular Hbond substituents is 2. The second-order valence-electron chi connectivity index (χ2n) is 6.65. The van der Waals surface area contributed by atoms with Crippen LogP contribution in [0.15, 0.2) is 42.5 Å². The normalized spacial score (nSPS) is 11.0.